The van der Waals surface area contributed by atoms with E-state index in [-0.39, 0.29) is 11.6 Å². The van der Waals surface area contributed by atoms with Crippen molar-refractivity contribution in [2.75, 3.05) is 0 Å². The van der Waals surface area contributed by atoms with Gasteiger partial charge in [-0.1, -0.05) is 5.16 Å². The second-order valence-corrected chi connectivity index (χ2v) is 3.33. The van der Waals surface area contributed by atoms with Crippen LogP contribution in [-0.2, 0) is 4.79 Å². The van der Waals surface area contributed by atoms with E-state index in [1.54, 1.807) is 6.92 Å². The molecule has 7 heteroatoms. The van der Waals surface area contributed by atoms with Crippen molar-refractivity contribution in [1.29, 1.82) is 0 Å². The molecular formula is C7H8BrN3O3. The molecule has 0 atom stereocenters. The van der Waals surface area contributed by atoms with Gasteiger partial charge in [-0.25, -0.2) is 0 Å². The summed E-state index contributed by atoms with van der Waals surface area (Å²) >= 11 is 3.13. The molecule has 1 heterocycles. The van der Waals surface area contributed by atoms with Gasteiger partial charge in [-0.2, -0.15) is 0 Å². The molecule has 0 radical (unpaired) electrons. The molecule has 0 aliphatic heterocycles. The van der Waals surface area contributed by atoms with E-state index in [0.29, 0.717) is 10.2 Å². The van der Waals surface area contributed by atoms with E-state index in [1.807, 2.05) is 0 Å². The fraction of sp³-hybridized carbons (Fsp3) is 0.286. The minimum absolute atomic E-state index is 0.0938. The summed E-state index contributed by atoms with van der Waals surface area (Å²) in [5.74, 6) is -0.406. The third-order valence-corrected chi connectivity index (χ3v) is 2.29. The first-order valence-corrected chi connectivity index (χ1v) is 4.50. The Morgan fingerprint density at radius 1 is 1.43 bits per heavy atom. The molecule has 0 bridgehead atoms. The summed E-state index contributed by atoms with van der Waals surface area (Å²) < 4.78 is 5.23. The fourth-order valence-corrected chi connectivity index (χ4v) is 1.03. The molecule has 1 rings (SSSR count). The van der Waals surface area contributed by atoms with Crippen LogP contribution in [0.2, 0.25) is 0 Å². The summed E-state index contributed by atoms with van der Waals surface area (Å²) in [4.78, 5) is 21.8. The molecule has 1 aromatic heterocycles. The molecule has 0 spiro atoms. The summed E-state index contributed by atoms with van der Waals surface area (Å²) in [6, 6.07) is 0. The Balaban J connectivity index is 2.70. The van der Waals surface area contributed by atoms with Gasteiger partial charge in [0.15, 0.2) is 5.69 Å². The summed E-state index contributed by atoms with van der Waals surface area (Å²) in [7, 11) is 0. The molecule has 6 nitrogen and oxygen atoms in total. The van der Waals surface area contributed by atoms with E-state index in [9.17, 15) is 9.59 Å². The molecule has 0 saturated heterocycles. The monoisotopic (exact) mass is 261 g/mol. The Morgan fingerprint density at radius 2 is 2.07 bits per heavy atom. The van der Waals surface area contributed by atoms with Crippen molar-refractivity contribution in [2.45, 2.75) is 13.8 Å². The van der Waals surface area contributed by atoms with Crippen molar-refractivity contribution in [2.24, 2.45) is 0 Å². The van der Waals surface area contributed by atoms with Gasteiger partial charge >= 0.3 is 0 Å². The van der Waals surface area contributed by atoms with Crippen LogP contribution in [-0.4, -0.2) is 17.0 Å². The molecule has 1 aromatic rings. The van der Waals surface area contributed by atoms with Crippen LogP contribution in [0.4, 0.5) is 0 Å². The van der Waals surface area contributed by atoms with Crippen LogP contribution in [0, 0.1) is 6.92 Å². The molecule has 0 aliphatic carbocycles. The fourth-order valence-electron chi connectivity index (χ4n) is 0.706. The van der Waals surface area contributed by atoms with Gasteiger partial charge in [0.2, 0.25) is 5.91 Å². The highest BCUT2D eigenvalue weighted by Crippen LogP contribution is 2.19. The quantitative estimate of drug-likeness (QED) is 0.723. The standard InChI is InChI=1S/C7H8BrN3O3/c1-3-5(8)6(11-14-3)7(13)10-9-4(2)12/h1-2H3,(H,9,12)(H,10,13). The zero-order valence-electron chi connectivity index (χ0n) is 7.55. The number of carbonyl (C=O) groups is 2. The number of hydrogen-bond acceptors (Lipinski definition) is 4. The summed E-state index contributed by atoms with van der Waals surface area (Å²) in [6.45, 7) is 2.94. The van der Waals surface area contributed by atoms with E-state index in [0.717, 1.165) is 0 Å². The average Bonchev–Trinajstić information content (AvgIpc) is 2.44. The second kappa shape index (κ2) is 4.23. The topological polar surface area (TPSA) is 84.2 Å². The van der Waals surface area contributed by atoms with Gasteiger partial charge in [-0.3, -0.25) is 20.4 Å². The van der Waals surface area contributed by atoms with Crippen molar-refractivity contribution in [1.82, 2.24) is 16.0 Å². The number of amides is 2. The predicted molar refractivity (Wildman–Crippen MR) is 50.2 cm³/mol. The number of aromatic nitrogens is 1. The van der Waals surface area contributed by atoms with E-state index in [1.165, 1.54) is 6.92 Å². The zero-order valence-corrected chi connectivity index (χ0v) is 9.14. The van der Waals surface area contributed by atoms with E-state index >= 15 is 0 Å². The molecule has 2 N–H and O–H groups in total. The highest BCUT2D eigenvalue weighted by Gasteiger charge is 2.17. The van der Waals surface area contributed by atoms with E-state index in [2.05, 4.69) is 31.9 Å². The van der Waals surface area contributed by atoms with Gasteiger partial charge in [0.05, 0.1) is 4.47 Å². The number of nitrogens with zero attached hydrogens (tertiary/aromatic N) is 1. The Morgan fingerprint density at radius 3 is 2.50 bits per heavy atom. The molecule has 14 heavy (non-hydrogen) atoms. The number of hydrogen-bond donors (Lipinski definition) is 2. The van der Waals surface area contributed by atoms with Gasteiger partial charge in [0, 0.05) is 6.92 Å². The van der Waals surface area contributed by atoms with E-state index in [4.69, 9.17) is 4.52 Å². The van der Waals surface area contributed by atoms with E-state index < -0.39 is 5.91 Å². The minimum atomic E-state index is -0.538. The third kappa shape index (κ3) is 2.32. The first-order valence-electron chi connectivity index (χ1n) is 3.71. The Bertz CT molecular complexity index is 374. The Hall–Kier alpha value is -1.37. The molecule has 0 aliphatic rings. The lowest BCUT2D eigenvalue weighted by atomic mass is 10.4. The molecular weight excluding hydrogens is 254 g/mol. The first-order chi connectivity index (χ1) is 6.52. The van der Waals surface area contributed by atoms with Crippen molar-refractivity contribution in [3.05, 3.63) is 15.9 Å². The lowest BCUT2D eigenvalue weighted by Crippen LogP contribution is -2.40. The molecule has 0 unspecified atom stereocenters. The van der Waals surface area contributed by atoms with Crippen LogP contribution >= 0.6 is 15.9 Å². The summed E-state index contributed by atoms with van der Waals surface area (Å²) in [5.41, 5.74) is 4.39. The van der Waals surface area contributed by atoms with Crippen molar-refractivity contribution in [3.8, 4) is 0 Å². The molecule has 76 valence electrons. The first kappa shape index (κ1) is 10.7. The van der Waals surface area contributed by atoms with Crippen molar-refractivity contribution in [3.63, 3.8) is 0 Å². The van der Waals surface area contributed by atoms with Gasteiger partial charge in [-0.05, 0) is 22.9 Å². The molecule has 0 aromatic carbocycles. The maximum atomic E-state index is 11.3. The highest BCUT2D eigenvalue weighted by atomic mass is 79.9. The van der Waals surface area contributed by atoms with Gasteiger partial charge in [-0.15, -0.1) is 0 Å². The smallest absolute Gasteiger partial charge is 0.293 e. The normalized spacial score (nSPS) is 9.64. The predicted octanol–water partition coefficient (Wildman–Crippen LogP) is 0.526. The van der Waals surface area contributed by atoms with Crippen LogP contribution in [0.25, 0.3) is 0 Å². The van der Waals surface area contributed by atoms with Crippen LogP contribution < -0.4 is 10.9 Å². The van der Waals surface area contributed by atoms with Crippen LogP contribution in [0.3, 0.4) is 0 Å². The molecule has 2 amide bonds. The number of nitrogens with one attached hydrogen (secondary N) is 2. The number of hydrazine groups is 1. The summed E-state index contributed by atoms with van der Waals surface area (Å²) in [5, 5.41) is 3.51. The number of halogens is 1. The van der Waals surface area contributed by atoms with Gasteiger partial charge in [0.25, 0.3) is 5.91 Å². The highest BCUT2D eigenvalue weighted by molar-refractivity contribution is 9.10. The minimum Gasteiger partial charge on any atom is -0.360 e. The van der Waals surface area contributed by atoms with Crippen LogP contribution in [0.1, 0.15) is 23.2 Å². The third-order valence-electron chi connectivity index (χ3n) is 1.36. The van der Waals surface area contributed by atoms with Gasteiger partial charge in [0.1, 0.15) is 5.76 Å². The van der Waals surface area contributed by atoms with Crippen molar-refractivity contribution >= 4 is 27.7 Å². The number of aryl methyl sites for hydroxylation is 1. The summed E-state index contributed by atoms with van der Waals surface area (Å²) in [6.07, 6.45) is 0. The molecule has 0 saturated carbocycles. The lowest BCUT2D eigenvalue weighted by Gasteiger charge is -2.01. The molecule has 0 fully saturated rings. The average molecular weight is 262 g/mol. The van der Waals surface area contributed by atoms with Gasteiger partial charge < -0.3 is 4.52 Å². The maximum absolute atomic E-state index is 11.3. The number of rotatable bonds is 1. The second-order valence-electron chi connectivity index (χ2n) is 2.54. The zero-order chi connectivity index (χ0) is 10.7. The number of carbonyl (C=O) groups excluding carboxylic acids is 2. The lowest BCUT2D eigenvalue weighted by molar-refractivity contribution is -0.119. The maximum Gasteiger partial charge on any atom is 0.293 e. The van der Waals surface area contributed by atoms with Crippen LogP contribution in [0.15, 0.2) is 9.00 Å². The van der Waals surface area contributed by atoms with Crippen molar-refractivity contribution < 1.29 is 14.1 Å². The SMILES string of the molecule is CC(=O)NNC(=O)c1noc(C)c1Br. The largest absolute Gasteiger partial charge is 0.360 e. The Kier molecular flexibility index (Phi) is 3.23. The van der Waals surface area contributed by atoms with Crippen LogP contribution in [0.5, 0.6) is 0 Å². The Labute approximate surface area is 88.1 Å².